The predicted octanol–water partition coefficient (Wildman–Crippen LogP) is 5.84. The molecule has 1 N–H and O–H groups in total. The molecular formula is C24H20N2O. The van der Waals surface area contributed by atoms with E-state index in [2.05, 4.69) is 49.2 Å². The molecule has 0 radical (unpaired) electrons. The Bertz CT molecular complexity index is 1090. The molecule has 27 heavy (non-hydrogen) atoms. The van der Waals surface area contributed by atoms with Crippen molar-refractivity contribution in [3.63, 3.8) is 0 Å². The van der Waals surface area contributed by atoms with Crippen LogP contribution in [-0.2, 0) is 0 Å². The third kappa shape index (κ3) is 3.44. The smallest absolute Gasteiger partial charge is 0.150 e. The van der Waals surface area contributed by atoms with Crippen LogP contribution < -0.4 is 0 Å². The summed E-state index contributed by atoms with van der Waals surface area (Å²) in [5.74, 6) is 0. The Morgan fingerprint density at radius 2 is 1.37 bits per heavy atom. The molecule has 0 saturated heterocycles. The fourth-order valence-corrected chi connectivity index (χ4v) is 3.32. The molecule has 0 atom stereocenters. The molecule has 0 amide bonds. The van der Waals surface area contributed by atoms with Gasteiger partial charge in [-0.1, -0.05) is 54.6 Å². The SMILES string of the molecule is Cc1cc(-c2cccc(-c3ccc(-c4ccc(C=O)cc4)cc3)n2)c(C)[nH]1. The third-order valence-corrected chi connectivity index (χ3v) is 4.74. The zero-order valence-electron chi connectivity index (χ0n) is 15.4. The second-order valence-corrected chi connectivity index (χ2v) is 6.72. The number of H-pyrrole nitrogens is 1. The van der Waals surface area contributed by atoms with Crippen molar-refractivity contribution in [1.82, 2.24) is 9.97 Å². The minimum atomic E-state index is 0.687. The number of hydrogen-bond donors (Lipinski definition) is 1. The van der Waals surface area contributed by atoms with Gasteiger partial charge in [0.1, 0.15) is 6.29 Å². The van der Waals surface area contributed by atoms with Crippen LogP contribution in [0, 0.1) is 13.8 Å². The maximum atomic E-state index is 10.8. The Balaban J connectivity index is 1.65. The van der Waals surface area contributed by atoms with E-state index < -0.39 is 0 Å². The zero-order valence-corrected chi connectivity index (χ0v) is 15.4. The van der Waals surface area contributed by atoms with Crippen molar-refractivity contribution in [1.29, 1.82) is 0 Å². The van der Waals surface area contributed by atoms with E-state index in [0.717, 1.165) is 51.3 Å². The number of nitrogens with one attached hydrogen (secondary N) is 1. The van der Waals surface area contributed by atoms with Gasteiger partial charge in [0, 0.05) is 28.1 Å². The Hall–Kier alpha value is -3.46. The molecular weight excluding hydrogens is 332 g/mol. The summed E-state index contributed by atoms with van der Waals surface area (Å²) >= 11 is 0. The highest BCUT2D eigenvalue weighted by atomic mass is 16.1. The topological polar surface area (TPSA) is 45.8 Å². The van der Waals surface area contributed by atoms with Crippen LogP contribution >= 0.6 is 0 Å². The molecule has 2 aromatic heterocycles. The molecule has 0 aliphatic rings. The lowest BCUT2D eigenvalue weighted by molar-refractivity contribution is 0.112. The number of pyridine rings is 1. The monoisotopic (exact) mass is 352 g/mol. The molecule has 0 unspecified atom stereocenters. The minimum absolute atomic E-state index is 0.687. The molecule has 0 aliphatic carbocycles. The van der Waals surface area contributed by atoms with Gasteiger partial charge in [0.05, 0.1) is 11.4 Å². The van der Waals surface area contributed by atoms with Gasteiger partial charge in [-0.15, -0.1) is 0 Å². The Morgan fingerprint density at radius 3 is 1.96 bits per heavy atom. The highest BCUT2D eigenvalue weighted by Crippen LogP contribution is 2.27. The number of carbonyl (C=O) groups excluding carboxylic acids is 1. The molecule has 3 heteroatoms. The summed E-state index contributed by atoms with van der Waals surface area (Å²) < 4.78 is 0. The first kappa shape index (κ1) is 17.0. The summed E-state index contributed by atoms with van der Waals surface area (Å²) in [4.78, 5) is 19.0. The summed E-state index contributed by atoms with van der Waals surface area (Å²) in [6, 6.07) is 24.2. The summed E-state index contributed by atoms with van der Waals surface area (Å²) in [6.07, 6.45) is 0.860. The third-order valence-electron chi connectivity index (χ3n) is 4.74. The lowest BCUT2D eigenvalue weighted by Gasteiger charge is -2.07. The fraction of sp³-hybridized carbons (Fsp3) is 0.0833. The van der Waals surface area contributed by atoms with Crippen LogP contribution in [0.3, 0.4) is 0 Å². The van der Waals surface area contributed by atoms with Crippen LogP contribution in [0.1, 0.15) is 21.7 Å². The molecule has 2 heterocycles. The highest BCUT2D eigenvalue weighted by molar-refractivity contribution is 5.77. The van der Waals surface area contributed by atoms with E-state index in [9.17, 15) is 4.79 Å². The summed E-state index contributed by atoms with van der Waals surface area (Å²) in [5, 5.41) is 0. The standard InChI is InChI=1S/C24H20N2O/c1-16-14-22(17(2)25-16)24-5-3-4-23(26-24)21-12-10-20(11-13-21)19-8-6-18(15-27)7-9-19/h3-15,25H,1-2H3. The largest absolute Gasteiger partial charge is 0.362 e. The van der Waals surface area contributed by atoms with Crippen molar-refractivity contribution < 1.29 is 4.79 Å². The van der Waals surface area contributed by atoms with Crippen molar-refractivity contribution >= 4 is 6.29 Å². The van der Waals surface area contributed by atoms with E-state index in [0.29, 0.717) is 5.56 Å². The van der Waals surface area contributed by atoms with E-state index in [1.807, 2.05) is 42.5 Å². The average molecular weight is 352 g/mol. The molecule has 0 bridgehead atoms. The van der Waals surface area contributed by atoms with E-state index in [1.165, 1.54) is 0 Å². The second kappa shape index (κ2) is 7.04. The van der Waals surface area contributed by atoms with Gasteiger partial charge in [-0.05, 0) is 43.2 Å². The maximum absolute atomic E-state index is 10.8. The number of aryl methyl sites for hydroxylation is 2. The number of carbonyl (C=O) groups is 1. The number of hydrogen-bond acceptors (Lipinski definition) is 2. The molecule has 0 saturated carbocycles. The van der Waals surface area contributed by atoms with Crippen LogP contribution in [0.2, 0.25) is 0 Å². The van der Waals surface area contributed by atoms with Gasteiger partial charge < -0.3 is 4.98 Å². The van der Waals surface area contributed by atoms with Crippen LogP contribution in [-0.4, -0.2) is 16.3 Å². The molecule has 0 aliphatic heterocycles. The fourth-order valence-electron chi connectivity index (χ4n) is 3.32. The number of nitrogens with zero attached hydrogens (tertiary/aromatic N) is 1. The van der Waals surface area contributed by atoms with Crippen molar-refractivity contribution in [2.45, 2.75) is 13.8 Å². The molecule has 0 fully saturated rings. The van der Waals surface area contributed by atoms with Gasteiger partial charge in [-0.25, -0.2) is 4.98 Å². The Morgan fingerprint density at radius 1 is 0.778 bits per heavy atom. The highest BCUT2D eigenvalue weighted by Gasteiger charge is 2.08. The first-order valence-electron chi connectivity index (χ1n) is 8.94. The molecule has 3 nitrogen and oxygen atoms in total. The van der Waals surface area contributed by atoms with E-state index >= 15 is 0 Å². The maximum Gasteiger partial charge on any atom is 0.150 e. The second-order valence-electron chi connectivity index (χ2n) is 6.72. The number of aromatic amines is 1. The summed E-state index contributed by atoms with van der Waals surface area (Å²) in [5.41, 5.74) is 9.31. The van der Waals surface area contributed by atoms with Crippen LogP contribution in [0.4, 0.5) is 0 Å². The Kier molecular flexibility index (Phi) is 4.43. The van der Waals surface area contributed by atoms with E-state index in [4.69, 9.17) is 4.98 Å². The van der Waals surface area contributed by atoms with Crippen molar-refractivity contribution in [2.75, 3.05) is 0 Å². The summed E-state index contributed by atoms with van der Waals surface area (Å²) in [7, 11) is 0. The normalized spacial score (nSPS) is 10.7. The number of aldehydes is 1. The first-order valence-corrected chi connectivity index (χ1v) is 8.94. The molecule has 4 rings (SSSR count). The van der Waals surface area contributed by atoms with Crippen LogP contribution in [0.5, 0.6) is 0 Å². The molecule has 4 aromatic rings. The van der Waals surface area contributed by atoms with Crippen molar-refractivity contribution in [2.24, 2.45) is 0 Å². The van der Waals surface area contributed by atoms with Gasteiger partial charge in [-0.2, -0.15) is 0 Å². The van der Waals surface area contributed by atoms with Gasteiger partial charge in [0.15, 0.2) is 0 Å². The lowest BCUT2D eigenvalue weighted by atomic mass is 10.0. The van der Waals surface area contributed by atoms with Crippen molar-refractivity contribution in [3.05, 3.63) is 89.7 Å². The zero-order chi connectivity index (χ0) is 18.8. The number of aromatic nitrogens is 2. The number of rotatable bonds is 4. The Labute approximate surface area is 158 Å². The first-order chi connectivity index (χ1) is 13.1. The van der Waals surface area contributed by atoms with Gasteiger partial charge in [0.2, 0.25) is 0 Å². The lowest BCUT2D eigenvalue weighted by Crippen LogP contribution is -1.88. The van der Waals surface area contributed by atoms with Gasteiger partial charge in [-0.3, -0.25) is 4.79 Å². The predicted molar refractivity (Wildman–Crippen MR) is 110 cm³/mol. The molecule has 0 spiro atoms. The van der Waals surface area contributed by atoms with Gasteiger partial charge in [0.25, 0.3) is 0 Å². The molecule has 132 valence electrons. The van der Waals surface area contributed by atoms with Crippen LogP contribution in [0.15, 0.2) is 72.8 Å². The average Bonchev–Trinajstić information content (AvgIpc) is 3.06. The van der Waals surface area contributed by atoms with E-state index in [1.54, 1.807) is 0 Å². The minimum Gasteiger partial charge on any atom is -0.362 e. The summed E-state index contributed by atoms with van der Waals surface area (Å²) in [6.45, 7) is 4.13. The van der Waals surface area contributed by atoms with E-state index in [-0.39, 0.29) is 0 Å². The van der Waals surface area contributed by atoms with Gasteiger partial charge >= 0.3 is 0 Å². The molecule has 2 aromatic carbocycles. The quantitative estimate of drug-likeness (QED) is 0.469. The van der Waals surface area contributed by atoms with Crippen LogP contribution in [0.25, 0.3) is 33.6 Å². The van der Waals surface area contributed by atoms with Crippen molar-refractivity contribution in [3.8, 4) is 33.6 Å². The number of benzene rings is 2.